The van der Waals surface area contributed by atoms with Crippen LogP contribution in [-0.2, 0) is 11.2 Å². The van der Waals surface area contributed by atoms with Gasteiger partial charge in [-0.15, -0.1) is 24.0 Å². The lowest BCUT2D eigenvalue weighted by atomic mass is 10.1. The van der Waals surface area contributed by atoms with Crippen LogP contribution in [0.4, 0.5) is 10.1 Å². The second-order valence-electron chi connectivity index (χ2n) is 8.16. The third-order valence-corrected chi connectivity index (χ3v) is 5.80. The highest BCUT2D eigenvalue weighted by atomic mass is 127. The van der Waals surface area contributed by atoms with Gasteiger partial charge in [-0.3, -0.25) is 9.79 Å². The predicted molar refractivity (Wildman–Crippen MR) is 135 cm³/mol. The Morgan fingerprint density at radius 2 is 2.06 bits per heavy atom. The number of amides is 1. The summed E-state index contributed by atoms with van der Waals surface area (Å²) in [5.41, 5.74) is 2.95. The number of guanidine groups is 1. The number of para-hydroxylation sites is 1. The second-order valence-corrected chi connectivity index (χ2v) is 8.16. The zero-order valence-electron chi connectivity index (χ0n) is 18.4. The number of carbonyl (C=O) groups excluding carboxylic acids is 1. The summed E-state index contributed by atoms with van der Waals surface area (Å²) >= 11 is 0. The van der Waals surface area contributed by atoms with Crippen LogP contribution >= 0.6 is 24.0 Å². The molecule has 172 valence electrons. The summed E-state index contributed by atoms with van der Waals surface area (Å²) in [4.78, 5) is 18.7. The highest BCUT2D eigenvalue weighted by molar-refractivity contribution is 14.0. The summed E-state index contributed by atoms with van der Waals surface area (Å²) in [6, 6.07) is 12.8. The number of rotatable bonds is 7. The maximum atomic E-state index is 14.4. The maximum absolute atomic E-state index is 14.4. The molecular formula is C24H30FIN4O2. The molecule has 1 aliphatic heterocycles. The maximum Gasteiger partial charge on any atom is 0.246 e. The summed E-state index contributed by atoms with van der Waals surface area (Å²) in [6.07, 6.45) is 3.21. The molecule has 0 saturated heterocycles. The first kappa shape index (κ1) is 24.3. The molecule has 1 unspecified atom stereocenters. The monoisotopic (exact) mass is 552 g/mol. The number of anilines is 1. The van der Waals surface area contributed by atoms with Gasteiger partial charge in [0.1, 0.15) is 0 Å². The molecule has 1 heterocycles. The molecule has 6 nitrogen and oxygen atoms in total. The molecule has 0 spiro atoms. The quantitative estimate of drug-likeness (QED) is 0.309. The van der Waals surface area contributed by atoms with E-state index >= 15 is 0 Å². The number of nitrogens with zero attached hydrogens (tertiary/aromatic N) is 2. The molecule has 1 aliphatic carbocycles. The number of ether oxygens (including phenoxy) is 1. The first-order valence-corrected chi connectivity index (χ1v) is 10.8. The zero-order valence-corrected chi connectivity index (χ0v) is 20.8. The number of benzene rings is 2. The van der Waals surface area contributed by atoms with Gasteiger partial charge in [0.25, 0.3) is 0 Å². The third-order valence-electron chi connectivity index (χ3n) is 5.80. The van der Waals surface area contributed by atoms with Crippen LogP contribution in [-0.4, -0.2) is 38.6 Å². The normalized spacial score (nSPS) is 16.1. The molecule has 2 aromatic carbocycles. The molecule has 8 heteroatoms. The van der Waals surface area contributed by atoms with E-state index in [4.69, 9.17) is 4.74 Å². The minimum Gasteiger partial charge on any atom is -0.490 e. The van der Waals surface area contributed by atoms with Crippen molar-refractivity contribution < 1.29 is 13.9 Å². The van der Waals surface area contributed by atoms with Crippen molar-refractivity contribution >= 4 is 41.5 Å². The van der Waals surface area contributed by atoms with Gasteiger partial charge < -0.3 is 20.3 Å². The number of hydrogen-bond acceptors (Lipinski definition) is 3. The zero-order chi connectivity index (χ0) is 21.8. The molecule has 0 radical (unpaired) electrons. The van der Waals surface area contributed by atoms with Crippen LogP contribution < -0.4 is 20.3 Å². The van der Waals surface area contributed by atoms with Crippen molar-refractivity contribution in [2.24, 2.45) is 10.9 Å². The summed E-state index contributed by atoms with van der Waals surface area (Å²) in [5, 5.41) is 6.29. The van der Waals surface area contributed by atoms with Crippen LogP contribution in [0.15, 0.2) is 47.5 Å². The summed E-state index contributed by atoms with van der Waals surface area (Å²) < 4.78 is 20.0. The molecule has 1 saturated carbocycles. The van der Waals surface area contributed by atoms with E-state index in [1.807, 2.05) is 31.2 Å². The Bertz CT molecular complexity index is 980. The van der Waals surface area contributed by atoms with Crippen LogP contribution in [0.5, 0.6) is 5.75 Å². The smallest absolute Gasteiger partial charge is 0.246 e. The highest BCUT2D eigenvalue weighted by Gasteiger charge is 2.24. The topological polar surface area (TPSA) is 66.0 Å². The fraction of sp³-hybridized carbons (Fsp3) is 0.417. The largest absolute Gasteiger partial charge is 0.490 e. The Kier molecular flexibility index (Phi) is 8.33. The van der Waals surface area contributed by atoms with Gasteiger partial charge in [-0.25, -0.2) is 4.39 Å². The molecule has 0 bridgehead atoms. The molecule has 0 aromatic heterocycles. The number of hydrogen-bond donors (Lipinski definition) is 2. The fourth-order valence-corrected chi connectivity index (χ4v) is 3.73. The molecule has 1 atom stereocenters. The van der Waals surface area contributed by atoms with Gasteiger partial charge in [0.15, 0.2) is 17.5 Å². The Morgan fingerprint density at radius 1 is 1.28 bits per heavy atom. The Balaban J connectivity index is 0.00000289. The van der Waals surface area contributed by atoms with Gasteiger partial charge >= 0.3 is 0 Å². The lowest BCUT2D eigenvalue weighted by Crippen LogP contribution is -2.45. The van der Waals surface area contributed by atoms with Gasteiger partial charge in [0, 0.05) is 19.3 Å². The van der Waals surface area contributed by atoms with E-state index in [2.05, 4.69) is 21.7 Å². The van der Waals surface area contributed by atoms with E-state index in [-0.39, 0.29) is 48.3 Å². The van der Waals surface area contributed by atoms with E-state index in [0.717, 1.165) is 17.7 Å². The number of nitrogens with one attached hydrogen (secondary N) is 2. The van der Waals surface area contributed by atoms with Crippen molar-refractivity contribution in [3.8, 4) is 5.75 Å². The molecule has 32 heavy (non-hydrogen) atoms. The fourth-order valence-electron chi connectivity index (χ4n) is 3.73. The van der Waals surface area contributed by atoms with E-state index in [1.165, 1.54) is 24.5 Å². The summed E-state index contributed by atoms with van der Waals surface area (Å²) in [6.45, 7) is 3.32. The van der Waals surface area contributed by atoms with E-state index < -0.39 is 0 Å². The Hall–Kier alpha value is -2.36. The van der Waals surface area contributed by atoms with Crippen molar-refractivity contribution in [3.05, 3.63) is 59.4 Å². The van der Waals surface area contributed by atoms with Crippen LogP contribution in [0.3, 0.4) is 0 Å². The number of aliphatic imine (C=N–C) groups is 1. The number of fused-ring (bicyclic) bond motifs is 1. The molecule has 2 aromatic rings. The van der Waals surface area contributed by atoms with Crippen molar-refractivity contribution in [2.45, 2.75) is 32.2 Å². The van der Waals surface area contributed by atoms with Crippen LogP contribution in [0.2, 0.25) is 0 Å². The predicted octanol–water partition coefficient (Wildman–Crippen LogP) is 4.05. The van der Waals surface area contributed by atoms with Gasteiger partial charge in [-0.1, -0.05) is 24.3 Å². The number of halogens is 2. The van der Waals surface area contributed by atoms with Crippen molar-refractivity contribution in [1.82, 2.24) is 10.6 Å². The van der Waals surface area contributed by atoms with Crippen LogP contribution in [0, 0.1) is 11.7 Å². The Labute approximate surface area is 205 Å². The van der Waals surface area contributed by atoms with E-state index in [0.29, 0.717) is 30.8 Å². The first-order chi connectivity index (χ1) is 15.0. The van der Waals surface area contributed by atoms with E-state index in [1.54, 1.807) is 18.0 Å². The molecular weight excluding hydrogens is 522 g/mol. The highest BCUT2D eigenvalue weighted by Crippen LogP contribution is 2.31. The van der Waals surface area contributed by atoms with Gasteiger partial charge in [-0.05, 0) is 61.4 Å². The second kappa shape index (κ2) is 11.0. The minimum atomic E-state index is -0.363. The number of carbonyl (C=O) groups is 1. The third kappa shape index (κ3) is 5.90. The Morgan fingerprint density at radius 3 is 2.78 bits per heavy atom. The van der Waals surface area contributed by atoms with Crippen LogP contribution in [0.1, 0.15) is 36.9 Å². The van der Waals surface area contributed by atoms with Crippen molar-refractivity contribution in [2.75, 3.05) is 31.6 Å². The molecule has 2 N–H and O–H groups in total. The summed E-state index contributed by atoms with van der Waals surface area (Å²) in [5.74, 6) is 0.983. The van der Waals surface area contributed by atoms with Crippen molar-refractivity contribution in [3.63, 3.8) is 0 Å². The van der Waals surface area contributed by atoms with Gasteiger partial charge in [-0.2, -0.15) is 0 Å². The van der Waals surface area contributed by atoms with Gasteiger partial charge in [0.05, 0.1) is 19.2 Å². The molecule has 1 amide bonds. The SMILES string of the molecule is CN=C(NCC(=O)N1CCc2ccccc21)NC(C)c1ccc(OCC2CC2)c(F)c1.I. The van der Waals surface area contributed by atoms with E-state index in [9.17, 15) is 9.18 Å². The summed E-state index contributed by atoms with van der Waals surface area (Å²) in [7, 11) is 1.65. The standard InChI is InChI=1S/C24H29FN4O2.HI/c1-16(19-9-10-22(20(25)13-19)31-15-17-7-8-17)28-24(26-2)27-14-23(30)29-12-11-18-5-3-4-6-21(18)29;/h3-6,9-10,13,16-17H,7-8,11-12,14-15H2,1-2H3,(H2,26,27,28);1H. The lowest BCUT2D eigenvalue weighted by molar-refractivity contribution is -0.117. The minimum absolute atomic E-state index is 0. The van der Waals surface area contributed by atoms with Crippen molar-refractivity contribution in [1.29, 1.82) is 0 Å². The average molecular weight is 552 g/mol. The average Bonchev–Trinajstić information content (AvgIpc) is 3.51. The molecule has 1 fully saturated rings. The first-order valence-electron chi connectivity index (χ1n) is 10.8. The molecule has 2 aliphatic rings. The molecule has 4 rings (SSSR count). The van der Waals surface area contributed by atoms with Gasteiger partial charge in [0.2, 0.25) is 5.91 Å². The van der Waals surface area contributed by atoms with Crippen LogP contribution in [0.25, 0.3) is 0 Å². The lowest BCUT2D eigenvalue weighted by Gasteiger charge is -2.21.